The van der Waals surface area contributed by atoms with E-state index in [1.807, 2.05) is 0 Å². The van der Waals surface area contributed by atoms with E-state index in [9.17, 15) is 14.4 Å². The maximum Gasteiger partial charge on any atom is 0.357 e. The first-order valence-corrected chi connectivity index (χ1v) is 9.49. The Kier molecular flexibility index (Phi) is 4.25. The lowest BCUT2D eigenvalue weighted by molar-refractivity contribution is 0.102. The van der Waals surface area contributed by atoms with E-state index < -0.39 is 17.2 Å². The molecule has 0 aliphatic rings. The van der Waals surface area contributed by atoms with E-state index in [-0.39, 0.29) is 11.4 Å². The minimum Gasteiger partial charge on any atom is -0.497 e. The number of para-hydroxylation sites is 1. The number of carbonyl (C=O) groups is 1. The van der Waals surface area contributed by atoms with Gasteiger partial charge in [0.25, 0.3) is 0 Å². The van der Waals surface area contributed by atoms with Crippen LogP contribution in [0.2, 0.25) is 0 Å². The molecule has 0 fully saturated rings. The molecule has 8 heteroatoms. The SMILES string of the molecule is COc1ccc2cc(C(=O)c3ccccn3)n3c(=O)n(-c4ccccc4)c(=O)n3c2c1. The Morgan fingerprint density at radius 1 is 0.871 bits per heavy atom. The second-order valence-corrected chi connectivity index (χ2v) is 6.86. The van der Waals surface area contributed by atoms with Crippen LogP contribution in [-0.4, -0.2) is 31.5 Å². The molecule has 3 heterocycles. The number of fused-ring (bicyclic) bond motifs is 3. The van der Waals surface area contributed by atoms with Crippen LogP contribution < -0.4 is 16.1 Å². The fourth-order valence-electron chi connectivity index (χ4n) is 3.62. The molecule has 8 nitrogen and oxygen atoms in total. The van der Waals surface area contributed by atoms with E-state index in [0.717, 1.165) is 9.08 Å². The lowest BCUT2D eigenvalue weighted by Gasteiger charge is -2.09. The van der Waals surface area contributed by atoms with E-state index >= 15 is 0 Å². The highest BCUT2D eigenvalue weighted by atomic mass is 16.5. The van der Waals surface area contributed by atoms with E-state index in [4.69, 9.17) is 4.74 Å². The molecule has 0 N–H and O–H groups in total. The van der Waals surface area contributed by atoms with E-state index in [1.54, 1.807) is 72.8 Å². The van der Waals surface area contributed by atoms with Crippen LogP contribution in [0, 0.1) is 0 Å². The van der Waals surface area contributed by atoms with Gasteiger partial charge in [0.15, 0.2) is 0 Å². The molecule has 3 aromatic heterocycles. The average molecular weight is 412 g/mol. The Hall–Kier alpha value is -4.46. The molecule has 0 spiro atoms. The summed E-state index contributed by atoms with van der Waals surface area (Å²) in [5.41, 5.74) is -0.197. The van der Waals surface area contributed by atoms with Gasteiger partial charge in [-0.1, -0.05) is 24.3 Å². The summed E-state index contributed by atoms with van der Waals surface area (Å²) in [6.45, 7) is 0. The van der Waals surface area contributed by atoms with Gasteiger partial charge < -0.3 is 4.74 Å². The molecule has 0 aliphatic heterocycles. The molecule has 0 saturated heterocycles. The first-order chi connectivity index (χ1) is 15.1. The Morgan fingerprint density at radius 2 is 1.61 bits per heavy atom. The summed E-state index contributed by atoms with van der Waals surface area (Å²) in [5, 5.41) is 0.604. The monoisotopic (exact) mass is 412 g/mol. The van der Waals surface area contributed by atoms with Crippen LogP contribution in [0.5, 0.6) is 5.75 Å². The quantitative estimate of drug-likeness (QED) is 0.423. The van der Waals surface area contributed by atoms with Crippen molar-refractivity contribution in [2.45, 2.75) is 0 Å². The largest absolute Gasteiger partial charge is 0.497 e. The summed E-state index contributed by atoms with van der Waals surface area (Å²) in [7, 11) is 1.52. The number of methoxy groups -OCH3 is 1. The smallest absolute Gasteiger partial charge is 0.357 e. The second-order valence-electron chi connectivity index (χ2n) is 6.86. The summed E-state index contributed by atoms with van der Waals surface area (Å²) in [5.74, 6) is 0.0492. The zero-order chi connectivity index (χ0) is 21.5. The number of benzene rings is 2. The molecule has 0 saturated carbocycles. The molecular formula is C23H16N4O4. The van der Waals surface area contributed by atoms with Crippen molar-refractivity contribution in [1.82, 2.24) is 18.6 Å². The number of ketones is 1. The minimum atomic E-state index is -0.653. The van der Waals surface area contributed by atoms with Gasteiger partial charge in [0.05, 0.1) is 18.3 Å². The van der Waals surface area contributed by atoms with E-state index in [1.165, 1.54) is 17.8 Å². The number of aromatic nitrogens is 4. The molecule has 31 heavy (non-hydrogen) atoms. The van der Waals surface area contributed by atoms with Gasteiger partial charge in [-0.05, 0) is 42.5 Å². The molecule has 0 bridgehead atoms. The highest BCUT2D eigenvalue weighted by molar-refractivity contribution is 6.07. The van der Waals surface area contributed by atoms with Crippen LogP contribution in [0.4, 0.5) is 0 Å². The molecule has 0 aliphatic carbocycles. The van der Waals surface area contributed by atoms with Crippen molar-refractivity contribution in [1.29, 1.82) is 0 Å². The van der Waals surface area contributed by atoms with Gasteiger partial charge in [0.1, 0.15) is 17.1 Å². The van der Waals surface area contributed by atoms with Gasteiger partial charge in [-0.15, -0.1) is 0 Å². The zero-order valence-electron chi connectivity index (χ0n) is 16.4. The Bertz CT molecular complexity index is 1560. The third-order valence-corrected chi connectivity index (χ3v) is 5.08. The van der Waals surface area contributed by atoms with Gasteiger partial charge in [0, 0.05) is 17.6 Å². The highest BCUT2D eigenvalue weighted by Gasteiger charge is 2.23. The van der Waals surface area contributed by atoms with Crippen molar-refractivity contribution >= 4 is 16.7 Å². The zero-order valence-corrected chi connectivity index (χ0v) is 16.4. The molecule has 152 valence electrons. The average Bonchev–Trinajstić information content (AvgIpc) is 3.09. The Balaban J connectivity index is 1.95. The summed E-state index contributed by atoms with van der Waals surface area (Å²) in [6, 6.07) is 20.2. The van der Waals surface area contributed by atoms with Crippen molar-refractivity contribution in [3.8, 4) is 11.4 Å². The number of nitrogens with zero attached hydrogens (tertiary/aromatic N) is 4. The van der Waals surface area contributed by atoms with Gasteiger partial charge >= 0.3 is 11.4 Å². The first kappa shape index (κ1) is 18.6. The fourth-order valence-corrected chi connectivity index (χ4v) is 3.62. The number of hydrogen-bond acceptors (Lipinski definition) is 5. The van der Waals surface area contributed by atoms with Gasteiger partial charge in [0.2, 0.25) is 5.78 Å². The van der Waals surface area contributed by atoms with Crippen LogP contribution in [0.3, 0.4) is 0 Å². The molecule has 0 radical (unpaired) electrons. The fraction of sp³-hybridized carbons (Fsp3) is 0.0435. The molecule has 0 amide bonds. The third-order valence-electron chi connectivity index (χ3n) is 5.08. The lowest BCUT2D eigenvalue weighted by Crippen LogP contribution is -2.26. The van der Waals surface area contributed by atoms with Crippen LogP contribution in [0.25, 0.3) is 16.6 Å². The van der Waals surface area contributed by atoms with Crippen LogP contribution in [-0.2, 0) is 0 Å². The maximum absolute atomic E-state index is 13.4. The van der Waals surface area contributed by atoms with Crippen molar-refractivity contribution in [3.63, 3.8) is 0 Å². The maximum atomic E-state index is 13.4. The first-order valence-electron chi connectivity index (χ1n) is 9.49. The van der Waals surface area contributed by atoms with Crippen molar-refractivity contribution in [2.24, 2.45) is 0 Å². The lowest BCUT2D eigenvalue weighted by atomic mass is 10.1. The Morgan fingerprint density at radius 3 is 2.32 bits per heavy atom. The van der Waals surface area contributed by atoms with Gasteiger partial charge in [-0.3, -0.25) is 9.78 Å². The second kappa shape index (κ2) is 7.10. The minimum absolute atomic E-state index is 0.0353. The van der Waals surface area contributed by atoms with Crippen LogP contribution in [0.15, 0.2) is 88.6 Å². The number of rotatable bonds is 4. The van der Waals surface area contributed by atoms with Crippen LogP contribution >= 0.6 is 0 Å². The standard InChI is InChI=1S/C23H16N4O4/c1-31-17-11-10-15-13-20(21(28)18-9-5-6-12-24-18)27-23(30)25(16-7-3-2-4-8-16)22(29)26(27)19(15)14-17/h2-14H,1H3. The highest BCUT2D eigenvalue weighted by Crippen LogP contribution is 2.21. The van der Waals surface area contributed by atoms with E-state index in [0.29, 0.717) is 22.3 Å². The molecule has 5 rings (SSSR count). The summed E-state index contributed by atoms with van der Waals surface area (Å²) < 4.78 is 8.62. The molecule has 2 aromatic carbocycles. The molecule has 0 atom stereocenters. The predicted octanol–water partition coefficient (Wildman–Crippen LogP) is 2.34. The van der Waals surface area contributed by atoms with Crippen molar-refractivity contribution in [3.05, 3.63) is 111 Å². The summed E-state index contributed by atoms with van der Waals surface area (Å²) in [6.07, 6.45) is 1.50. The molecule has 5 aromatic rings. The van der Waals surface area contributed by atoms with Gasteiger partial charge in [-0.25, -0.2) is 14.2 Å². The molecular weight excluding hydrogens is 396 g/mol. The topological polar surface area (TPSA) is 87.1 Å². The number of hydrogen-bond donors (Lipinski definition) is 0. The van der Waals surface area contributed by atoms with Gasteiger partial charge in [-0.2, -0.15) is 9.03 Å². The Labute approximate surface area is 175 Å². The molecule has 0 unspecified atom stereocenters. The predicted molar refractivity (Wildman–Crippen MR) is 114 cm³/mol. The number of ether oxygens (including phenoxy) is 1. The van der Waals surface area contributed by atoms with Crippen LogP contribution in [0.1, 0.15) is 16.2 Å². The summed E-state index contributed by atoms with van der Waals surface area (Å²) >= 11 is 0. The third kappa shape index (κ3) is 2.84. The van der Waals surface area contributed by atoms with Crippen molar-refractivity contribution < 1.29 is 9.53 Å². The number of pyridine rings is 1. The van der Waals surface area contributed by atoms with Crippen molar-refractivity contribution in [2.75, 3.05) is 7.11 Å². The van der Waals surface area contributed by atoms with E-state index in [2.05, 4.69) is 4.98 Å². The summed E-state index contributed by atoms with van der Waals surface area (Å²) in [4.78, 5) is 44.2. The normalized spacial score (nSPS) is 11.1. The number of carbonyl (C=O) groups excluding carboxylic acids is 1.